The van der Waals surface area contributed by atoms with Crippen LogP contribution in [0, 0.1) is 18.7 Å². The topological polar surface area (TPSA) is 62.5 Å². The number of aliphatic hydroxyl groups excluding tert-OH is 1. The van der Waals surface area contributed by atoms with Gasteiger partial charge in [0.2, 0.25) is 0 Å². The molecule has 2 N–H and O–H groups in total. The summed E-state index contributed by atoms with van der Waals surface area (Å²) in [6.45, 7) is 5.69. The van der Waals surface area contributed by atoms with E-state index in [1.165, 1.54) is 18.2 Å². The summed E-state index contributed by atoms with van der Waals surface area (Å²) in [5.41, 5.74) is 1.11. The van der Waals surface area contributed by atoms with Crippen LogP contribution >= 0.6 is 0 Å². The first-order valence-electron chi connectivity index (χ1n) is 7.04. The highest BCUT2D eigenvalue weighted by Crippen LogP contribution is 2.26. The molecule has 0 fully saturated rings. The van der Waals surface area contributed by atoms with E-state index in [0.717, 1.165) is 0 Å². The average Bonchev–Trinajstić information content (AvgIpc) is 2.75. The molecule has 4 nitrogen and oxygen atoms in total. The molecular weight excluding hydrogens is 273 g/mol. The maximum absolute atomic E-state index is 13.3. The fourth-order valence-electron chi connectivity index (χ4n) is 2.35. The van der Waals surface area contributed by atoms with Gasteiger partial charge in [0, 0.05) is 23.6 Å². The zero-order valence-electron chi connectivity index (χ0n) is 12.4. The Morgan fingerprint density at radius 1 is 1.43 bits per heavy atom. The molecule has 0 spiro atoms. The Kier molecular flexibility index (Phi) is 4.63. The lowest BCUT2D eigenvalue weighted by Gasteiger charge is -2.20. The van der Waals surface area contributed by atoms with Gasteiger partial charge in [-0.15, -0.1) is 0 Å². The average molecular weight is 293 g/mol. The molecule has 0 saturated carbocycles. The molecule has 1 aromatic heterocycles. The van der Waals surface area contributed by atoms with Crippen molar-refractivity contribution in [3.05, 3.63) is 35.3 Å². The molecule has 114 valence electrons. The van der Waals surface area contributed by atoms with Crippen LogP contribution in [0.25, 0.3) is 11.0 Å². The molecule has 21 heavy (non-hydrogen) atoms. The van der Waals surface area contributed by atoms with Gasteiger partial charge in [-0.25, -0.2) is 4.39 Å². The Bertz CT molecular complexity index is 648. The molecule has 1 aromatic carbocycles. The Morgan fingerprint density at radius 2 is 2.14 bits per heavy atom. The maximum atomic E-state index is 13.3. The summed E-state index contributed by atoms with van der Waals surface area (Å²) in [5.74, 6) is -0.308. The molecule has 1 unspecified atom stereocenters. The first-order valence-corrected chi connectivity index (χ1v) is 7.04. The lowest BCUT2D eigenvalue weighted by molar-refractivity contribution is 0.0889. The lowest BCUT2D eigenvalue weighted by Crippen LogP contribution is -2.39. The highest BCUT2D eigenvalue weighted by molar-refractivity contribution is 5.99. The molecule has 0 radical (unpaired) electrons. The van der Waals surface area contributed by atoms with E-state index in [2.05, 4.69) is 5.32 Å². The molecule has 0 aliphatic rings. The minimum atomic E-state index is -0.362. The summed E-state index contributed by atoms with van der Waals surface area (Å²) < 4.78 is 18.8. The van der Waals surface area contributed by atoms with Crippen LogP contribution in [-0.4, -0.2) is 23.7 Å². The molecule has 5 heteroatoms. The molecule has 1 atom stereocenters. The normalized spacial score (nSPS) is 12.9. The second kappa shape index (κ2) is 6.26. The van der Waals surface area contributed by atoms with Crippen LogP contribution in [0.5, 0.6) is 0 Å². The van der Waals surface area contributed by atoms with E-state index in [0.29, 0.717) is 23.0 Å². The number of amides is 1. The summed E-state index contributed by atoms with van der Waals surface area (Å²) in [4.78, 5) is 12.3. The van der Waals surface area contributed by atoms with Gasteiger partial charge in [0.25, 0.3) is 5.91 Å². The molecule has 0 aliphatic carbocycles. The number of benzene rings is 1. The zero-order valence-corrected chi connectivity index (χ0v) is 12.4. The summed E-state index contributed by atoms with van der Waals surface area (Å²) in [6.07, 6.45) is 0.483. The Balaban J connectivity index is 2.29. The van der Waals surface area contributed by atoms with Crippen molar-refractivity contribution in [3.8, 4) is 0 Å². The van der Waals surface area contributed by atoms with Crippen molar-refractivity contribution in [2.45, 2.75) is 33.2 Å². The molecule has 2 aromatic rings. The smallest absolute Gasteiger partial charge is 0.287 e. The van der Waals surface area contributed by atoms with Crippen LogP contribution in [0.1, 0.15) is 36.4 Å². The van der Waals surface area contributed by atoms with E-state index in [-0.39, 0.29) is 36.1 Å². The molecule has 0 bridgehead atoms. The van der Waals surface area contributed by atoms with E-state index in [1.807, 2.05) is 13.8 Å². The van der Waals surface area contributed by atoms with Gasteiger partial charge in [-0.1, -0.05) is 13.8 Å². The number of aliphatic hydroxyl groups is 1. The van der Waals surface area contributed by atoms with Gasteiger partial charge < -0.3 is 14.8 Å². The first kappa shape index (κ1) is 15.5. The number of carbonyl (C=O) groups excluding carboxylic acids is 1. The maximum Gasteiger partial charge on any atom is 0.287 e. The summed E-state index contributed by atoms with van der Waals surface area (Å²) in [6, 6.07) is 4.04. The highest BCUT2D eigenvalue weighted by atomic mass is 19.1. The fraction of sp³-hybridized carbons (Fsp3) is 0.438. The van der Waals surface area contributed by atoms with Crippen molar-refractivity contribution in [1.29, 1.82) is 0 Å². The number of carbonyl (C=O) groups is 1. The third-order valence-electron chi connectivity index (χ3n) is 3.67. The van der Waals surface area contributed by atoms with E-state index in [9.17, 15) is 9.18 Å². The number of rotatable bonds is 5. The number of hydrogen-bond donors (Lipinski definition) is 2. The van der Waals surface area contributed by atoms with Crippen molar-refractivity contribution in [3.63, 3.8) is 0 Å². The molecule has 0 aliphatic heterocycles. The van der Waals surface area contributed by atoms with Gasteiger partial charge >= 0.3 is 0 Å². The number of nitrogens with one attached hydrogen (secondary N) is 1. The van der Waals surface area contributed by atoms with Crippen LogP contribution in [0.3, 0.4) is 0 Å². The van der Waals surface area contributed by atoms with E-state index >= 15 is 0 Å². The van der Waals surface area contributed by atoms with Crippen LogP contribution in [0.4, 0.5) is 4.39 Å². The lowest BCUT2D eigenvalue weighted by atomic mass is 10.0. The van der Waals surface area contributed by atoms with Gasteiger partial charge in [-0.3, -0.25) is 4.79 Å². The van der Waals surface area contributed by atoms with Crippen molar-refractivity contribution in [2.75, 3.05) is 6.61 Å². The first-order chi connectivity index (χ1) is 9.93. The van der Waals surface area contributed by atoms with Gasteiger partial charge in [0.05, 0.1) is 0 Å². The van der Waals surface area contributed by atoms with Crippen LogP contribution in [0.2, 0.25) is 0 Å². The molecular formula is C16H20FNO3. The molecule has 0 saturated heterocycles. The van der Waals surface area contributed by atoms with Gasteiger partial charge in [0.15, 0.2) is 5.76 Å². The summed E-state index contributed by atoms with van der Waals surface area (Å²) >= 11 is 0. The third-order valence-corrected chi connectivity index (χ3v) is 3.67. The third kappa shape index (κ3) is 3.24. The van der Waals surface area contributed by atoms with Crippen molar-refractivity contribution < 1.29 is 18.7 Å². The minimum Gasteiger partial charge on any atom is -0.451 e. The Hall–Kier alpha value is -1.88. The highest BCUT2D eigenvalue weighted by Gasteiger charge is 2.22. The van der Waals surface area contributed by atoms with Gasteiger partial charge in [-0.2, -0.15) is 0 Å². The Morgan fingerprint density at radius 3 is 2.76 bits per heavy atom. The quantitative estimate of drug-likeness (QED) is 0.890. The minimum absolute atomic E-state index is 0.00739. The largest absolute Gasteiger partial charge is 0.451 e. The van der Waals surface area contributed by atoms with E-state index < -0.39 is 0 Å². The standard InChI is InChI=1S/C16H20FNO3/c1-9(2)13(6-7-19)18-16(20)15-10(3)12-8-11(17)4-5-14(12)21-15/h4-5,8-9,13,19H,6-7H2,1-3H3,(H,18,20). The molecule has 1 heterocycles. The number of hydrogen-bond acceptors (Lipinski definition) is 3. The van der Waals surface area contributed by atoms with Gasteiger partial charge in [0.1, 0.15) is 11.4 Å². The monoisotopic (exact) mass is 293 g/mol. The zero-order chi connectivity index (χ0) is 15.6. The van der Waals surface area contributed by atoms with E-state index in [1.54, 1.807) is 6.92 Å². The van der Waals surface area contributed by atoms with Crippen molar-refractivity contribution in [2.24, 2.45) is 5.92 Å². The number of fused-ring (bicyclic) bond motifs is 1. The van der Waals surface area contributed by atoms with Gasteiger partial charge in [-0.05, 0) is 37.5 Å². The molecule has 2 rings (SSSR count). The fourth-order valence-corrected chi connectivity index (χ4v) is 2.35. The van der Waals surface area contributed by atoms with Crippen molar-refractivity contribution in [1.82, 2.24) is 5.32 Å². The van der Waals surface area contributed by atoms with Crippen LogP contribution in [-0.2, 0) is 0 Å². The predicted molar refractivity (Wildman–Crippen MR) is 78.7 cm³/mol. The van der Waals surface area contributed by atoms with Crippen LogP contribution < -0.4 is 5.32 Å². The second-order valence-electron chi connectivity index (χ2n) is 5.53. The number of furan rings is 1. The Labute approximate surface area is 122 Å². The van der Waals surface area contributed by atoms with Crippen molar-refractivity contribution >= 4 is 16.9 Å². The van der Waals surface area contributed by atoms with E-state index in [4.69, 9.17) is 9.52 Å². The predicted octanol–water partition coefficient (Wildman–Crippen LogP) is 3.02. The summed E-state index contributed by atoms with van der Waals surface area (Å²) in [7, 11) is 0. The second-order valence-corrected chi connectivity index (χ2v) is 5.53. The number of halogens is 1. The number of aryl methyl sites for hydroxylation is 1. The molecule has 1 amide bonds. The van der Waals surface area contributed by atoms with Crippen LogP contribution in [0.15, 0.2) is 22.6 Å². The SMILES string of the molecule is Cc1c(C(=O)NC(CCO)C(C)C)oc2ccc(F)cc12. The summed E-state index contributed by atoms with van der Waals surface area (Å²) in [5, 5.41) is 12.5.